The molecule has 0 bridgehead atoms. The van der Waals surface area contributed by atoms with Gasteiger partial charge in [0.2, 0.25) is 0 Å². The van der Waals surface area contributed by atoms with E-state index in [0.29, 0.717) is 36.1 Å². The molecule has 0 radical (unpaired) electrons. The number of aryl methyl sites for hydroxylation is 1. The summed E-state index contributed by atoms with van der Waals surface area (Å²) < 4.78 is 29.6. The summed E-state index contributed by atoms with van der Waals surface area (Å²) >= 11 is 6.04. The molecule has 1 aromatic carbocycles. The van der Waals surface area contributed by atoms with E-state index in [9.17, 15) is 18.4 Å². The number of aromatic nitrogens is 6. The topological polar surface area (TPSA) is 100.0 Å². The molecule has 0 N–H and O–H groups in total. The van der Waals surface area contributed by atoms with Gasteiger partial charge in [0.1, 0.15) is 22.6 Å². The van der Waals surface area contributed by atoms with Gasteiger partial charge >= 0.3 is 5.69 Å². The van der Waals surface area contributed by atoms with Crippen LogP contribution in [0.25, 0.3) is 0 Å². The number of benzene rings is 1. The molecule has 3 heterocycles. The van der Waals surface area contributed by atoms with Crippen LogP contribution in [0.3, 0.4) is 0 Å². The lowest BCUT2D eigenvalue weighted by atomic mass is 10.1. The van der Waals surface area contributed by atoms with Crippen LogP contribution in [0.4, 0.5) is 14.6 Å². The van der Waals surface area contributed by atoms with Crippen molar-refractivity contribution in [1.82, 2.24) is 29.3 Å². The highest BCUT2D eigenvalue weighted by Gasteiger charge is 2.24. The van der Waals surface area contributed by atoms with E-state index in [1.807, 2.05) is 6.92 Å². The van der Waals surface area contributed by atoms with Crippen LogP contribution in [0, 0.1) is 11.6 Å². The highest BCUT2D eigenvalue weighted by molar-refractivity contribution is 6.66. The summed E-state index contributed by atoms with van der Waals surface area (Å²) in [6.45, 7) is 2.94. The Kier molecular flexibility index (Phi) is 6.77. The average molecular weight is 478 g/mol. The van der Waals surface area contributed by atoms with E-state index in [1.54, 1.807) is 0 Å². The molecule has 12 heteroatoms. The van der Waals surface area contributed by atoms with Crippen molar-refractivity contribution < 1.29 is 8.78 Å². The summed E-state index contributed by atoms with van der Waals surface area (Å²) in [4.78, 5) is 31.4. The van der Waals surface area contributed by atoms with Crippen molar-refractivity contribution in [2.24, 2.45) is 4.99 Å². The molecule has 0 unspecified atom stereocenters. The Morgan fingerprint density at radius 1 is 1.09 bits per heavy atom. The van der Waals surface area contributed by atoms with E-state index >= 15 is 0 Å². The Hall–Kier alpha value is -3.21. The van der Waals surface area contributed by atoms with Crippen LogP contribution >= 0.6 is 11.6 Å². The third kappa shape index (κ3) is 4.92. The molecule has 0 saturated carbocycles. The molecular formula is C21H22ClF2N7O2. The minimum atomic E-state index is -0.675. The molecule has 0 aliphatic carbocycles. The second-order valence-electron chi connectivity index (χ2n) is 7.78. The molecule has 174 valence electrons. The lowest BCUT2D eigenvalue weighted by Crippen LogP contribution is -2.41. The smallest absolute Gasteiger partial charge is 0.278 e. The zero-order valence-corrected chi connectivity index (χ0v) is 18.7. The molecule has 0 atom stereocenters. The molecule has 0 saturated heterocycles. The monoisotopic (exact) mass is 477 g/mol. The van der Waals surface area contributed by atoms with Crippen molar-refractivity contribution in [3.63, 3.8) is 0 Å². The number of rotatable bonds is 9. The maximum absolute atomic E-state index is 13.8. The van der Waals surface area contributed by atoms with Crippen molar-refractivity contribution in [2.75, 3.05) is 0 Å². The number of hydrogen-bond donors (Lipinski definition) is 0. The first-order chi connectivity index (χ1) is 15.9. The fourth-order valence-corrected chi connectivity index (χ4v) is 3.90. The molecule has 0 fully saturated rings. The van der Waals surface area contributed by atoms with Gasteiger partial charge in [0.05, 0.1) is 12.1 Å². The van der Waals surface area contributed by atoms with E-state index in [1.165, 1.54) is 26.1 Å². The van der Waals surface area contributed by atoms with Gasteiger partial charge in [-0.3, -0.25) is 13.9 Å². The predicted octanol–water partition coefficient (Wildman–Crippen LogP) is 2.58. The number of nitrogens with zero attached hydrogens (tertiary/aromatic N) is 7. The summed E-state index contributed by atoms with van der Waals surface area (Å²) in [7, 11) is 0. The fourth-order valence-electron chi connectivity index (χ4n) is 3.69. The van der Waals surface area contributed by atoms with Crippen LogP contribution in [0.5, 0.6) is 0 Å². The quantitative estimate of drug-likeness (QED) is 0.471. The lowest BCUT2D eigenvalue weighted by molar-refractivity contribution is 0.448. The highest BCUT2D eigenvalue weighted by Crippen LogP contribution is 2.24. The van der Waals surface area contributed by atoms with E-state index in [0.717, 1.165) is 18.9 Å². The molecule has 1 aliphatic heterocycles. The zero-order chi connectivity index (χ0) is 23.5. The number of halogens is 3. The van der Waals surface area contributed by atoms with Crippen LogP contribution in [0.1, 0.15) is 43.1 Å². The van der Waals surface area contributed by atoms with E-state index in [-0.39, 0.29) is 36.3 Å². The van der Waals surface area contributed by atoms with Gasteiger partial charge in [-0.05, 0) is 29.7 Å². The molecule has 0 spiro atoms. The molecular weight excluding hydrogens is 456 g/mol. The standard InChI is InChI=1S/C21H22ClF2N7O2/c1-2-3-7-29-19-15(12-17(22)25-19)20(32)30(21(29)33)8-4-9-31-27-18(26-28-31)10-13-5-6-14(23)11-16(13)24/h5-6,11H,2-4,7-10,12H2,1H3. The molecule has 33 heavy (non-hydrogen) atoms. The normalized spacial score (nSPS) is 12.8. The molecule has 2 aromatic heterocycles. The van der Waals surface area contributed by atoms with Crippen LogP contribution < -0.4 is 11.2 Å². The van der Waals surface area contributed by atoms with Gasteiger partial charge in [0.15, 0.2) is 5.82 Å². The van der Waals surface area contributed by atoms with Crippen LogP contribution in [0.2, 0.25) is 0 Å². The summed E-state index contributed by atoms with van der Waals surface area (Å²) in [5.74, 6) is -0.692. The number of tetrazole rings is 1. The maximum Gasteiger partial charge on any atom is 0.332 e. The summed E-state index contributed by atoms with van der Waals surface area (Å²) in [5, 5.41) is 12.3. The van der Waals surface area contributed by atoms with Gasteiger partial charge in [0.25, 0.3) is 5.56 Å². The second-order valence-corrected chi connectivity index (χ2v) is 8.22. The minimum absolute atomic E-state index is 0.0687. The number of unbranched alkanes of at least 4 members (excludes halogenated alkanes) is 1. The first-order valence-corrected chi connectivity index (χ1v) is 11.1. The van der Waals surface area contributed by atoms with Gasteiger partial charge in [-0.25, -0.2) is 18.6 Å². The SMILES string of the molecule is CCCCn1c2c(c(=O)n(CCCn3nnc(Cc4ccc(F)cc4F)n3)c1=O)CC(Cl)=N2. The van der Waals surface area contributed by atoms with Gasteiger partial charge in [-0.15, -0.1) is 10.2 Å². The Balaban J connectivity index is 1.46. The van der Waals surface area contributed by atoms with Crippen molar-refractivity contribution in [2.45, 2.75) is 58.7 Å². The van der Waals surface area contributed by atoms with Gasteiger partial charge < -0.3 is 0 Å². The van der Waals surface area contributed by atoms with Gasteiger partial charge in [-0.1, -0.05) is 31.0 Å². The maximum atomic E-state index is 13.8. The lowest BCUT2D eigenvalue weighted by Gasteiger charge is -2.13. The summed E-state index contributed by atoms with van der Waals surface area (Å²) in [6, 6.07) is 3.31. The number of aliphatic imine (C=N–C) groups is 1. The van der Waals surface area contributed by atoms with Gasteiger partial charge in [0, 0.05) is 32.0 Å². The van der Waals surface area contributed by atoms with Crippen molar-refractivity contribution in [3.05, 3.63) is 67.6 Å². The molecule has 4 rings (SSSR count). The van der Waals surface area contributed by atoms with Crippen molar-refractivity contribution in [1.29, 1.82) is 0 Å². The summed E-state index contributed by atoms with van der Waals surface area (Å²) in [5.41, 5.74) is -0.116. The van der Waals surface area contributed by atoms with Crippen LogP contribution in [-0.2, 0) is 32.5 Å². The Morgan fingerprint density at radius 3 is 2.64 bits per heavy atom. The Bertz CT molecular complexity index is 1330. The summed E-state index contributed by atoms with van der Waals surface area (Å²) in [6.07, 6.45) is 2.35. The predicted molar refractivity (Wildman–Crippen MR) is 118 cm³/mol. The Morgan fingerprint density at radius 2 is 1.88 bits per heavy atom. The average Bonchev–Trinajstić information content (AvgIpc) is 3.39. The van der Waals surface area contributed by atoms with Crippen molar-refractivity contribution >= 4 is 22.6 Å². The Labute approximate surface area is 192 Å². The molecule has 1 aliphatic rings. The first kappa shape index (κ1) is 23.0. The van der Waals surface area contributed by atoms with Crippen LogP contribution in [0.15, 0.2) is 32.8 Å². The highest BCUT2D eigenvalue weighted by atomic mass is 35.5. The number of hydrogen-bond acceptors (Lipinski definition) is 6. The second kappa shape index (κ2) is 9.74. The van der Waals surface area contributed by atoms with Crippen LogP contribution in [-0.4, -0.2) is 34.5 Å². The van der Waals surface area contributed by atoms with E-state index in [2.05, 4.69) is 20.4 Å². The van der Waals surface area contributed by atoms with Crippen molar-refractivity contribution in [3.8, 4) is 0 Å². The van der Waals surface area contributed by atoms with E-state index < -0.39 is 17.3 Å². The minimum Gasteiger partial charge on any atom is -0.278 e. The first-order valence-electron chi connectivity index (χ1n) is 10.7. The third-order valence-corrected chi connectivity index (χ3v) is 5.59. The van der Waals surface area contributed by atoms with E-state index in [4.69, 9.17) is 11.6 Å². The molecule has 0 amide bonds. The zero-order valence-electron chi connectivity index (χ0n) is 18.0. The molecule has 9 nitrogen and oxygen atoms in total. The largest absolute Gasteiger partial charge is 0.332 e. The molecule has 3 aromatic rings. The third-order valence-electron chi connectivity index (χ3n) is 5.37. The van der Waals surface area contributed by atoms with Gasteiger partial charge in [-0.2, -0.15) is 4.80 Å². The fraction of sp³-hybridized carbons (Fsp3) is 0.429. The number of fused-ring (bicyclic) bond motifs is 1.